The van der Waals surface area contributed by atoms with Crippen molar-refractivity contribution in [1.29, 1.82) is 0 Å². The Morgan fingerprint density at radius 1 is 1.31 bits per heavy atom. The van der Waals surface area contributed by atoms with E-state index in [0.29, 0.717) is 30.0 Å². The molecule has 0 aliphatic carbocycles. The SMILES string of the molecule is O=C(NCc1cccc(F)c1)N1CCc2sc(-c3noc(C(F)(F)F)n3)cc2C1. The second-order valence-corrected chi connectivity index (χ2v) is 7.58. The zero-order valence-electron chi connectivity index (χ0n) is 14.8. The number of nitrogens with zero attached hydrogens (tertiary/aromatic N) is 3. The highest BCUT2D eigenvalue weighted by atomic mass is 32.1. The highest BCUT2D eigenvalue weighted by Gasteiger charge is 2.38. The van der Waals surface area contributed by atoms with Gasteiger partial charge in [-0.2, -0.15) is 18.2 Å². The molecule has 0 saturated heterocycles. The predicted molar refractivity (Wildman–Crippen MR) is 95.4 cm³/mol. The lowest BCUT2D eigenvalue weighted by molar-refractivity contribution is -0.159. The summed E-state index contributed by atoms with van der Waals surface area (Å²) in [4.78, 5) is 18.8. The molecule has 3 aromatic rings. The van der Waals surface area contributed by atoms with Crippen LogP contribution in [-0.2, 0) is 25.7 Å². The van der Waals surface area contributed by atoms with Crippen molar-refractivity contribution in [3.8, 4) is 10.7 Å². The molecule has 1 N–H and O–H groups in total. The van der Waals surface area contributed by atoms with E-state index in [-0.39, 0.29) is 24.2 Å². The van der Waals surface area contributed by atoms with Gasteiger partial charge >= 0.3 is 18.1 Å². The number of carbonyl (C=O) groups excluding carboxylic acids is 1. The van der Waals surface area contributed by atoms with E-state index < -0.39 is 12.1 Å². The standard InChI is InChI=1S/C18H14F4N4O2S/c19-12-3-1-2-10(6-12)8-23-17(27)26-5-4-13-11(9-26)7-14(29-13)15-24-16(28-25-15)18(20,21)22/h1-3,6-7H,4-5,8-9H2,(H,23,27). The fraction of sp³-hybridized carbons (Fsp3) is 0.278. The Bertz CT molecular complexity index is 1050. The highest BCUT2D eigenvalue weighted by molar-refractivity contribution is 7.15. The second kappa shape index (κ2) is 7.47. The average molecular weight is 426 g/mol. The summed E-state index contributed by atoms with van der Waals surface area (Å²) >= 11 is 1.29. The van der Waals surface area contributed by atoms with Gasteiger partial charge in [0.05, 0.1) is 4.88 Å². The molecule has 0 unspecified atom stereocenters. The van der Waals surface area contributed by atoms with Gasteiger partial charge in [-0.25, -0.2) is 9.18 Å². The summed E-state index contributed by atoms with van der Waals surface area (Å²) in [5, 5.41) is 6.15. The van der Waals surface area contributed by atoms with E-state index in [0.717, 1.165) is 10.4 Å². The summed E-state index contributed by atoms with van der Waals surface area (Å²) in [6, 6.07) is 7.33. The van der Waals surface area contributed by atoms with E-state index >= 15 is 0 Å². The number of fused-ring (bicyclic) bond motifs is 1. The minimum Gasteiger partial charge on any atom is -0.334 e. The molecule has 0 radical (unpaired) electrons. The lowest BCUT2D eigenvalue weighted by Crippen LogP contribution is -2.42. The molecular weight excluding hydrogens is 412 g/mol. The van der Waals surface area contributed by atoms with Crippen LogP contribution in [0.15, 0.2) is 34.9 Å². The van der Waals surface area contributed by atoms with Gasteiger partial charge in [-0.3, -0.25) is 0 Å². The number of thiophene rings is 1. The number of carbonyl (C=O) groups is 1. The van der Waals surface area contributed by atoms with Crippen molar-refractivity contribution < 1.29 is 26.9 Å². The molecule has 0 spiro atoms. The third-order valence-electron chi connectivity index (χ3n) is 4.38. The Hall–Kier alpha value is -2.95. The first-order valence-corrected chi connectivity index (χ1v) is 9.41. The Morgan fingerprint density at radius 3 is 2.86 bits per heavy atom. The number of halogens is 4. The number of aromatic nitrogens is 2. The predicted octanol–water partition coefficient (Wildman–Crippen LogP) is 4.22. The van der Waals surface area contributed by atoms with Crippen LogP contribution in [0.3, 0.4) is 0 Å². The van der Waals surface area contributed by atoms with Crippen LogP contribution in [0.4, 0.5) is 22.4 Å². The lowest BCUT2D eigenvalue weighted by Gasteiger charge is -2.27. The van der Waals surface area contributed by atoms with Gasteiger partial charge in [0.1, 0.15) is 5.82 Å². The molecule has 2 amide bonds. The van der Waals surface area contributed by atoms with Gasteiger partial charge in [0, 0.05) is 24.5 Å². The van der Waals surface area contributed by atoms with Gasteiger partial charge in [0.2, 0.25) is 5.82 Å². The molecule has 11 heteroatoms. The molecule has 1 aliphatic rings. The zero-order valence-corrected chi connectivity index (χ0v) is 15.6. The fourth-order valence-electron chi connectivity index (χ4n) is 2.99. The van der Waals surface area contributed by atoms with Gasteiger partial charge in [-0.15, -0.1) is 11.3 Å². The van der Waals surface area contributed by atoms with Crippen LogP contribution in [0.2, 0.25) is 0 Å². The van der Waals surface area contributed by atoms with Crippen molar-refractivity contribution in [2.45, 2.75) is 25.7 Å². The van der Waals surface area contributed by atoms with Crippen LogP contribution in [0.1, 0.15) is 21.9 Å². The largest absolute Gasteiger partial charge is 0.471 e. The van der Waals surface area contributed by atoms with E-state index in [4.69, 9.17) is 0 Å². The molecule has 3 heterocycles. The third-order valence-corrected chi connectivity index (χ3v) is 5.61. The van der Waals surface area contributed by atoms with Gasteiger partial charge in [0.15, 0.2) is 0 Å². The monoisotopic (exact) mass is 426 g/mol. The van der Waals surface area contributed by atoms with Crippen LogP contribution in [0.25, 0.3) is 10.7 Å². The Morgan fingerprint density at radius 2 is 2.14 bits per heavy atom. The first-order valence-electron chi connectivity index (χ1n) is 8.59. The molecule has 0 saturated carbocycles. The molecule has 6 nitrogen and oxygen atoms in total. The van der Waals surface area contributed by atoms with Gasteiger partial charge < -0.3 is 14.7 Å². The summed E-state index contributed by atoms with van der Waals surface area (Å²) in [6.45, 7) is 0.963. The van der Waals surface area contributed by atoms with Crippen LogP contribution < -0.4 is 5.32 Å². The summed E-state index contributed by atoms with van der Waals surface area (Å²) in [5.74, 6) is -1.89. The number of amides is 2. The fourth-order valence-corrected chi connectivity index (χ4v) is 4.08. The Labute approximate surface area is 166 Å². The van der Waals surface area contributed by atoms with Crippen molar-refractivity contribution >= 4 is 17.4 Å². The Balaban J connectivity index is 1.42. The van der Waals surface area contributed by atoms with Crippen LogP contribution in [-0.4, -0.2) is 27.6 Å². The van der Waals surface area contributed by atoms with Gasteiger partial charge in [-0.1, -0.05) is 17.3 Å². The van der Waals surface area contributed by atoms with Crippen molar-refractivity contribution in [2.24, 2.45) is 0 Å². The zero-order chi connectivity index (χ0) is 20.6. The van der Waals surface area contributed by atoms with Gasteiger partial charge in [0.25, 0.3) is 0 Å². The first-order chi connectivity index (χ1) is 13.8. The molecule has 4 rings (SSSR count). The van der Waals surface area contributed by atoms with Crippen LogP contribution >= 0.6 is 11.3 Å². The molecule has 1 aromatic carbocycles. The number of alkyl halides is 3. The number of hydrogen-bond acceptors (Lipinski definition) is 5. The summed E-state index contributed by atoms with van der Waals surface area (Å²) in [6.07, 6.45) is -4.13. The second-order valence-electron chi connectivity index (χ2n) is 6.44. The van der Waals surface area contributed by atoms with Crippen molar-refractivity contribution in [3.05, 3.63) is 58.0 Å². The maximum atomic E-state index is 13.2. The summed E-state index contributed by atoms with van der Waals surface area (Å²) in [7, 11) is 0. The number of rotatable bonds is 3. The molecule has 29 heavy (non-hydrogen) atoms. The van der Waals surface area contributed by atoms with Crippen molar-refractivity contribution in [3.63, 3.8) is 0 Å². The molecule has 152 valence electrons. The smallest absolute Gasteiger partial charge is 0.334 e. The topological polar surface area (TPSA) is 71.3 Å². The molecule has 0 atom stereocenters. The molecule has 1 aliphatic heterocycles. The van der Waals surface area contributed by atoms with Gasteiger partial charge in [-0.05, 0) is 35.7 Å². The van der Waals surface area contributed by atoms with Crippen LogP contribution in [0.5, 0.6) is 0 Å². The van der Waals surface area contributed by atoms with E-state index in [1.54, 1.807) is 23.1 Å². The molecular formula is C18H14F4N4O2S. The molecule has 0 fully saturated rings. The normalized spacial score (nSPS) is 14.0. The van der Waals surface area contributed by atoms with E-state index in [2.05, 4.69) is 20.0 Å². The number of benzene rings is 1. The van der Waals surface area contributed by atoms with Crippen molar-refractivity contribution in [1.82, 2.24) is 20.4 Å². The number of nitrogens with one attached hydrogen (secondary N) is 1. The summed E-state index contributed by atoms with van der Waals surface area (Å²) < 4.78 is 55.4. The Kier molecular flexibility index (Phi) is 4.99. The maximum Gasteiger partial charge on any atom is 0.471 e. The first kappa shape index (κ1) is 19.4. The van der Waals surface area contributed by atoms with Crippen molar-refractivity contribution in [2.75, 3.05) is 6.54 Å². The number of hydrogen-bond donors (Lipinski definition) is 1. The van der Waals surface area contributed by atoms with E-state index in [1.165, 1.54) is 23.5 Å². The lowest BCUT2D eigenvalue weighted by atomic mass is 10.1. The van der Waals surface area contributed by atoms with Crippen LogP contribution in [0, 0.1) is 5.82 Å². The number of urea groups is 1. The molecule has 2 aromatic heterocycles. The van der Waals surface area contributed by atoms with E-state index in [1.807, 2.05) is 0 Å². The summed E-state index contributed by atoms with van der Waals surface area (Å²) in [5.41, 5.74) is 1.47. The quantitative estimate of drug-likeness (QED) is 0.637. The highest BCUT2D eigenvalue weighted by Crippen LogP contribution is 2.35. The minimum atomic E-state index is -4.70. The minimum absolute atomic E-state index is 0.126. The average Bonchev–Trinajstić information content (AvgIpc) is 3.32. The third kappa shape index (κ3) is 4.24. The molecule has 0 bridgehead atoms. The van der Waals surface area contributed by atoms with E-state index in [9.17, 15) is 22.4 Å². The maximum absolute atomic E-state index is 13.2.